The molecular weight excluding hydrogens is 600 g/mol. The Morgan fingerprint density at radius 1 is 0.844 bits per heavy atom. The number of hydrogen-bond acceptors (Lipinski definition) is 10. The second kappa shape index (κ2) is 12.7. The Kier molecular flexibility index (Phi) is 8.96. The van der Waals surface area contributed by atoms with Gasteiger partial charge in [-0.05, 0) is 44.0 Å². The molecule has 11 nitrogen and oxygen atoms in total. The van der Waals surface area contributed by atoms with Crippen LogP contribution in [0.15, 0.2) is 84.9 Å². The zero-order valence-corrected chi connectivity index (χ0v) is 25.9. The fourth-order valence-electron chi connectivity index (χ4n) is 5.53. The summed E-state index contributed by atoms with van der Waals surface area (Å²) in [5, 5.41) is 1.61. The first-order valence-corrected chi connectivity index (χ1v) is 16.0. The molecule has 5 rings (SSSR count). The molecule has 1 amide bonds. The van der Waals surface area contributed by atoms with Crippen molar-refractivity contribution < 1.29 is 41.8 Å². The minimum Gasteiger partial charge on any atom is -0.463 e. The standard InChI is InChI=1S/C33H34N2O9S/c1-21(34-26-17-11-10-16-24(26)31(38)42-18-22-12-6-4-7-13-22)30(37)44-20-25-28(36)35-27(33(2,3)45(40,41)29(25)35)32(39)43-19-23-14-8-5-9-15-23/h4-17,21,25,27,29,34H,18-20H2,1-3H3/t21?,25-,27+,29-/m1/s1. The predicted molar refractivity (Wildman–Crippen MR) is 163 cm³/mol. The van der Waals surface area contributed by atoms with Crippen LogP contribution >= 0.6 is 0 Å². The predicted octanol–water partition coefficient (Wildman–Crippen LogP) is 3.49. The summed E-state index contributed by atoms with van der Waals surface area (Å²) in [6, 6.07) is 22.3. The van der Waals surface area contributed by atoms with Crippen molar-refractivity contribution in [2.24, 2.45) is 5.92 Å². The molecule has 0 spiro atoms. The minimum absolute atomic E-state index is 0.0706. The molecule has 0 saturated carbocycles. The fraction of sp³-hybridized carbons (Fsp3) is 0.333. The SMILES string of the molecule is CC(Nc1ccccc1C(=O)OCc1ccccc1)C(=O)OC[C@@H]1C(=O)N2[C@@H](C(=O)OCc3ccccc3)C(C)(C)S(=O)(=O)[C@H]12. The van der Waals surface area contributed by atoms with Gasteiger partial charge in [0, 0.05) is 5.69 Å². The smallest absolute Gasteiger partial charge is 0.340 e. The number of anilines is 1. The van der Waals surface area contributed by atoms with Gasteiger partial charge in [-0.3, -0.25) is 4.79 Å². The molecule has 0 bridgehead atoms. The lowest BCUT2D eigenvalue weighted by Crippen LogP contribution is -2.65. The van der Waals surface area contributed by atoms with Crippen LogP contribution in [0.3, 0.4) is 0 Å². The van der Waals surface area contributed by atoms with E-state index in [0.717, 1.165) is 16.0 Å². The summed E-state index contributed by atoms with van der Waals surface area (Å²) < 4.78 is 41.6. The lowest BCUT2D eigenvalue weighted by atomic mass is 9.92. The second-order valence-corrected chi connectivity index (χ2v) is 14.1. The van der Waals surface area contributed by atoms with Crippen molar-refractivity contribution in [3.05, 3.63) is 102 Å². The molecule has 2 fully saturated rings. The Balaban J connectivity index is 1.19. The number of amides is 1. The molecule has 1 N–H and O–H groups in total. The Labute approximate surface area is 261 Å². The van der Waals surface area contributed by atoms with Crippen molar-refractivity contribution >= 4 is 39.3 Å². The first-order chi connectivity index (χ1) is 21.4. The zero-order valence-electron chi connectivity index (χ0n) is 25.0. The quantitative estimate of drug-likeness (QED) is 0.189. The molecule has 236 valence electrons. The van der Waals surface area contributed by atoms with Crippen LogP contribution in [0.2, 0.25) is 0 Å². The highest BCUT2D eigenvalue weighted by molar-refractivity contribution is 7.93. The summed E-state index contributed by atoms with van der Waals surface area (Å²) in [7, 11) is -4.04. The van der Waals surface area contributed by atoms with Crippen molar-refractivity contribution in [1.82, 2.24) is 4.90 Å². The summed E-state index contributed by atoms with van der Waals surface area (Å²) in [5.41, 5.74) is 2.08. The fourth-order valence-corrected chi connectivity index (χ4v) is 7.82. The number of nitrogens with one attached hydrogen (secondary N) is 1. The number of benzene rings is 3. The first kappa shape index (κ1) is 31.7. The van der Waals surface area contributed by atoms with E-state index in [9.17, 15) is 27.6 Å². The van der Waals surface area contributed by atoms with Crippen LogP contribution in [-0.4, -0.2) is 65.9 Å². The van der Waals surface area contributed by atoms with Gasteiger partial charge in [0.1, 0.15) is 37.8 Å². The van der Waals surface area contributed by atoms with Crippen molar-refractivity contribution in [3.63, 3.8) is 0 Å². The Bertz CT molecular complexity index is 1690. The Morgan fingerprint density at radius 2 is 1.40 bits per heavy atom. The van der Waals surface area contributed by atoms with Crippen LogP contribution < -0.4 is 5.32 Å². The molecule has 12 heteroatoms. The van der Waals surface area contributed by atoms with Crippen molar-refractivity contribution in [2.75, 3.05) is 11.9 Å². The van der Waals surface area contributed by atoms with Crippen LogP contribution in [-0.2, 0) is 51.6 Å². The van der Waals surface area contributed by atoms with Crippen molar-refractivity contribution in [2.45, 2.75) is 56.2 Å². The van der Waals surface area contributed by atoms with E-state index in [0.29, 0.717) is 5.69 Å². The molecule has 2 aliphatic rings. The average Bonchev–Trinajstić information content (AvgIpc) is 3.18. The molecule has 45 heavy (non-hydrogen) atoms. The summed E-state index contributed by atoms with van der Waals surface area (Å²) in [4.78, 5) is 53.0. The molecular formula is C33H34N2O9S. The number of sulfone groups is 1. The number of esters is 3. The third kappa shape index (κ3) is 6.15. The number of carbonyl (C=O) groups excluding carboxylic acids is 4. The number of β-lactam (4-membered cyclic amide) rings is 1. The third-order valence-electron chi connectivity index (χ3n) is 8.12. The molecule has 0 aromatic heterocycles. The van der Waals surface area contributed by atoms with Gasteiger partial charge in [-0.15, -0.1) is 0 Å². The summed E-state index contributed by atoms with van der Waals surface area (Å²) >= 11 is 0. The van der Waals surface area contributed by atoms with Gasteiger partial charge in [-0.1, -0.05) is 72.8 Å². The van der Waals surface area contributed by atoms with E-state index in [1.807, 2.05) is 36.4 Å². The molecule has 3 aromatic rings. The van der Waals surface area contributed by atoms with E-state index in [4.69, 9.17) is 14.2 Å². The molecule has 2 aliphatic heterocycles. The molecule has 0 radical (unpaired) electrons. The lowest BCUT2D eigenvalue weighted by Gasteiger charge is -2.42. The molecule has 1 unspecified atom stereocenters. The zero-order chi connectivity index (χ0) is 32.4. The lowest BCUT2D eigenvalue weighted by molar-refractivity contribution is -0.171. The number of carbonyl (C=O) groups is 4. The maximum atomic E-state index is 13.5. The average molecular weight is 635 g/mol. The topological polar surface area (TPSA) is 145 Å². The third-order valence-corrected chi connectivity index (χ3v) is 11.0. The van der Waals surface area contributed by atoms with E-state index in [1.54, 1.807) is 48.5 Å². The Hall–Kier alpha value is -4.71. The normalized spacial score (nSPS) is 21.5. The highest BCUT2D eigenvalue weighted by atomic mass is 32.2. The maximum absolute atomic E-state index is 13.5. The number of ether oxygens (including phenoxy) is 3. The highest BCUT2D eigenvalue weighted by Gasteiger charge is 2.72. The van der Waals surface area contributed by atoms with Crippen LogP contribution in [0, 0.1) is 5.92 Å². The molecule has 4 atom stereocenters. The van der Waals surface area contributed by atoms with E-state index in [-0.39, 0.29) is 18.8 Å². The highest BCUT2D eigenvalue weighted by Crippen LogP contribution is 2.49. The number of nitrogens with zero attached hydrogens (tertiary/aromatic N) is 1. The molecule has 2 saturated heterocycles. The number of fused-ring (bicyclic) bond motifs is 1. The minimum atomic E-state index is -4.04. The van der Waals surface area contributed by atoms with Crippen LogP contribution in [0.5, 0.6) is 0 Å². The van der Waals surface area contributed by atoms with Crippen LogP contribution in [0.4, 0.5) is 5.69 Å². The van der Waals surface area contributed by atoms with Gasteiger partial charge < -0.3 is 24.4 Å². The van der Waals surface area contributed by atoms with Crippen molar-refractivity contribution in [3.8, 4) is 0 Å². The summed E-state index contributed by atoms with van der Waals surface area (Å²) in [5.74, 6) is -3.96. The van der Waals surface area contributed by atoms with Crippen LogP contribution in [0.1, 0.15) is 42.3 Å². The van der Waals surface area contributed by atoms with Gasteiger partial charge in [0.05, 0.1) is 10.3 Å². The van der Waals surface area contributed by atoms with Crippen molar-refractivity contribution in [1.29, 1.82) is 0 Å². The summed E-state index contributed by atoms with van der Waals surface area (Å²) in [6.07, 6.45) is 0. The second-order valence-electron chi connectivity index (χ2n) is 11.5. The van der Waals surface area contributed by atoms with E-state index in [2.05, 4.69) is 5.32 Å². The maximum Gasteiger partial charge on any atom is 0.340 e. The number of hydrogen-bond donors (Lipinski definition) is 1. The van der Waals surface area contributed by atoms with Gasteiger partial charge >= 0.3 is 17.9 Å². The monoisotopic (exact) mass is 634 g/mol. The number of rotatable bonds is 11. The first-order valence-electron chi connectivity index (χ1n) is 14.4. The van der Waals surface area contributed by atoms with Gasteiger partial charge in [0.2, 0.25) is 5.91 Å². The molecule has 3 aromatic carbocycles. The van der Waals surface area contributed by atoms with E-state index in [1.165, 1.54) is 20.8 Å². The van der Waals surface area contributed by atoms with Gasteiger partial charge in [-0.25, -0.2) is 22.8 Å². The van der Waals surface area contributed by atoms with E-state index < -0.39 is 68.4 Å². The van der Waals surface area contributed by atoms with Gasteiger partial charge in [0.15, 0.2) is 15.2 Å². The van der Waals surface area contributed by atoms with E-state index >= 15 is 0 Å². The van der Waals surface area contributed by atoms with Gasteiger partial charge in [0.25, 0.3) is 0 Å². The molecule has 2 heterocycles. The van der Waals surface area contributed by atoms with Gasteiger partial charge in [-0.2, -0.15) is 0 Å². The van der Waals surface area contributed by atoms with Crippen LogP contribution in [0.25, 0.3) is 0 Å². The Morgan fingerprint density at radius 3 is 2.02 bits per heavy atom. The summed E-state index contributed by atoms with van der Waals surface area (Å²) in [6.45, 7) is 3.80. The molecule has 0 aliphatic carbocycles. The largest absolute Gasteiger partial charge is 0.463 e. The number of para-hydroxylation sites is 1.